The molecule has 35 heavy (non-hydrogen) atoms. The highest BCUT2D eigenvalue weighted by atomic mass is 32.2. The van der Waals surface area contributed by atoms with Crippen molar-refractivity contribution in [1.82, 2.24) is 29.5 Å². The number of nitrogens with one attached hydrogen (secondary N) is 1. The summed E-state index contributed by atoms with van der Waals surface area (Å²) < 4.78 is 14.0. The summed E-state index contributed by atoms with van der Waals surface area (Å²) in [4.78, 5) is 30.1. The van der Waals surface area contributed by atoms with Gasteiger partial charge in [-0.2, -0.15) is 11.8 Å². The van der Waals surface area contributed by atoms with E-state index in [2.05, 4.69) is 20.5 Å². The van der Waals surface area contributed by atoms with Crippen molar-refractivity contribution in [3.05, 3.63) is 59.0 Å². The Balaban J connectivity index is 1.43. The Morgan fingerprint density at radius 2 is 1.97 bits per heavy atom. The molecule has 1 aromatic carbocycles. The number of carbonyl (C=O) groups excluding carboxylic acids is 1. The quantitative estimate of drug-likeness (QED) is 0.337. The summed E-state index contributed by atoms with van der Waals surface area (Å²) in [5, 5.41) is 12.1. The van der Waals surface area contributed by atoms with E-state index in [9.17, 15) is 9.59 Å². The molecule has 0 aliphatic rings. The lowest BCUT2D eigenvalue weighted by Gasteiger charge is -2.17. The van der Waals surface area contributed by atoms with Crippen LogP contribution in [0.1, 0.15) is 31.1 Å². The third-order valence-electron chi connectivity index (χ3n) is 5.73. The van der Waals surface area contributed by atoms with Crippen LogP contribution in [0.2, 0.25) is 0 Å². The van der Waals surface area contributed by atoms with Gasteiger partial charge in [-0.15, -0.1) is 10.2 Å². The van der Waals surface area contributed by atoms with Gasteiger partial charge in [0.25, 0.3) is 5.56 Å². The van der Waals surface area contributed by atoms with Crippen molar-refractivity contribution >= 4 is 34.2 Å². The minimum absolute atomic E-state index is 0.100. The Morgan fingerprint density at radius 1 is 1.17 bits per heavy atom. The SMILES string of the molecule is COc1cc2ncn(CCCC(=O)NC(CCSC)c3nnc4ccccn34)c(=O)c2cc1OC. The highest BCUT2D eigenvalue weighted by molar-refractivity contribution is 7.98. The van der Waals surface area contributed by atoms with Crippen LogP contribution in [-0.4, -0.2) is 56.3 Å². The number of ether oxygens (including phenoxy) is 2. The van der Waals surface area contributed by atoms with Gasteiger partial charge in [-0.1, -0.05) is 6.07 Å². The summed E-state index contributed by atoms with van der Waals surface area (Å²) in [5.41, 5.74) is 1.08. The number of aromatic nitrogens is 5. The Hall–Kier alpha value is -3.60. The van der Waals surface area contributed by atoms with E-state index < -0.39 is 0 Å². The molecule has 0 bridgehead atoms. The molecule has 0 spiro atoms. The zero-order valence-corrected chi connectivity index (χ0v) is 20.7. The van der Waals surface area contributed by atoms with E-state index in [1.807, 2.05) is 35.1 Å². The first-order valence-corrected chi connectivity index (χ1v) is 12.6. The van der Waals surface area contributed by atoms with Crippen LogP contribution in [0.15, 0.2) is 47.7 Å². The average molecular weight is 497 g/mol. The monoisotopic (exact) mass is 496 g/mol. The fraction of sp³-hybridized carbons (Fsp3) is 0.375. The van der Waals surface area contributed by atoms with Crippen molar-refractivity contribution in [2.45, 2.75) is 31.8 Å². The summed E-state index contributed by atoms with van der Waals surface area (Å²) >= 11 is 1.71. The van der Waals surface area contributed by atoms with Gasteiger partial charge in [0.05, 0.1) is 37.5 Å². The molecular weight excluding hydrogens is 468 g/mol. The molecule has 11 heteroatoms. The lowest BCUT2D eigenvalue weighted by Crippen LogP contribution is -2.30. The van der Waals surface area contributed by atoms with Crippen LogP contribution in [0.3, 0.4) is 0 Å². The fourth-order valence-electron chi connectivity index (χ4n) is 3.92. The van der Waals surface area contributed by atoms with Gasteiger partial charge in [-0.3, -0.25) is 18.6 Å². The Labute approximate surface area is 206 Å². The number of amides is 1. The number of methoxy groups -OCH3 is 2. The number of fused-ring (bicyclic) bond motifs is 2. The Morgan fingerprint density at radius 3 is 2.74 bits per heavy atom. The predicted molar refractivity (Wildman–Crippen MR) is 135 cm³/mol. The predicted octanol–water partition coefficient (Wildman–Crippen LogP) is 2.85. The largest absolute Gasteiger partial charge is 0.493 e. The van der Waals surface area contributed by atoms with Crippen molar-refractivity contribution in [2.24, 2.45) is 0 Å². The number of hydrogen-bond donors (Lipinski definition) is 1. The van der Waals surface area contributed by atoms with E-state index in [-0.39, 0.29) is 23.9 Å². The molecule has 1 N–H and O–H groups in total. The first-order chi connectivity index (χ1) is 17.0. The third kappa shape index (κ3) is 5.40. The van der Waals surface area contributed by atoms with Crippen molar-refractivity contribution in [2.75, 3.05) is 26.2 Å². The molecule has 1 unspecified atom stereocenters. The average Bonchev–Trinajstić information content (AvgIpc) is 3.31. The second-order valence-electron chi connectivity index (χ2n) is 7.96. The van der Waals surface area contributed by atoms with E-state index in [0.717, 1.165) is 17.8 Å². The third-order valence-corrected chi connectivity index (χ3v) is 6.37. The number of carbonyl (C=O) groups is 1. The summed E-state index contributed by atoms with van der Waals surface area (Å²) in [6, 6.07) is 8.75. The zero-order chi connectivity index (χ0) is 24.8. The van der Waals surface area contributed by atoms with Gasteiger partial charge in [-0.05, 0) is 43.0 Å². The Kier molecular flexibility index (Phi) is 7.86. The van der Waals surface area contributed by atoms with Gasteiger partial charge in [-0.25, -0.2) is 4.98 Å². The first kappa shape index (κ1) is 24.5. The van der Waals surface area contributed by atoms with E-state index in [0.29, 0.717) is 41.2 Å². The van der Waals surface area contributed by atoms with Gasteiger partial charge in [0.2, 0.25) is 5.91 Å². The van der Waals surface area contributed by atoms with Gasteiger partial charge < -0.3 is 14.8 Å². The van der Waals surface area contributed by atoms with Crippen molar-refractivity contribution < 1.29 is 14.3 Å². The maximum atomic E-state index is 13.0. The number of aryl methyl sites for hydroxylation is 1. The normalized spacial score (nSPS) is 12.1. The number of pyridine rings is 1. The molecule has 3 aromatic heterocycles. The molecule has 0 aliphatic carbocycles. The molecule has 0 saturated heterocycles. The molecule has 10 nitrogen and oxygen atoms in total. The summed E-state index contributed by atoms with van der Waals surface area (Å²) in [5.74, 6) is 2.46. The maximum absolute atomic E-state index is 13.0. The first-order valence-electron chi connectivity index (χ1n) is 11.2. The number of thioether (sulfide) groups is 1. The van der Waals surface area contributed by atoms with E-state index in [1.165, 1.54) is 25.1 Å². The second-order valence-corrected chi connectivity index (χ2v) is 8.95. The number of rotatable bonds is 11. The van der Waals surface area contributed by atoms with E-state index in [4.69, 9.17) is 9.47 Å². The standard InChI is InChI=1S/C24H28N6O4S/c1-33-19-13-16-18(14-20(19)34-2)25-15-29(24(16)32)10-6-8-22(31)26-17(9-12-35-3)23-28-27-21-7-4-5-11-30(21)23/h4-5,7,11,13-15,17H,6,8-10,12H2,1-3H3,(H,26,31). The van der Waals surface area contributed by atoms with Crippen molar-refractivity contribution in [3.8, 4) is 11.5 Å². The van der Waals surface area contributed by atoms with Crippen LogP contribution < -0.4 is 20.3 Å². The van der Waals surface area contributed by atoms with Crippen LogP contribution in [0.4, 0.5) is 0 Å². The minimum atomic E-state index is -0.250. The van der Waals surface area contributed by atoms with Gasteiger partial charge in [0.15, 0.2) is 23.0 Å². The van der Waals surface area contributed by atoms with Crippen LogP contribution >= 0.6 is 11.8 Å². The summed E-state index contributed by atoms with van der Waals surface area (Å²) in [6.45, 7) is 0.368. The minimum Gasteiger partial charge on any atom is -0.493 e. The molecule has 4 rings (SSSR count). The van der Waals surface area contributed by atoms with E-state index in [1.54, 1.807) is 23.9 Å². The van der Waals surface area contributed by atoms with Gasteiger partial charge >= 0.3 is 0 Å². The molecule has 0 radical (unpaired) electrons. The molecule has 0 saturated carbocycles. The molecule has 4 aromatic rings. The second kappa shape index (κ2) is 11.2. The molecule has 3 heterocycles. The highest BCUT2D eigenvalue weighted by Gasteiger charge is 2.20. The van der Waals surface area contributed by atoms with Crippen LogP contribution in [0, 0.1) is 0 Å². The smallest absolute Gasteiger partial charge is 0.261 e. The maximum Gasteiger partial charge on any atom is 0.261 e. The molecular formula is C24H28N6O4S. The molecule has 0 aliphatic heterocycles. The number of hydrogen-bond acceptors (Lipinski definition) is 8. The lowest BCUT2D eigenvalue weighted by atomic mass is 10.2. The zero-order valence-electron chi connectivity index (χ0n) is 19.9. The van der Waals surface area contributed by atoms with Crippen LogP contribution in [0.5, 0.6) is 11.5 Å². The molecule has 1 atom stereocenters. The summed E-state index contributed by atoms with van der Waals surface area (Å²) in [7, 11) is 3.05. The van der Waals surface area contributed by atoms with Crippen LogP contribution in [-0.2, 0) is 11.3 Å². The molecule has 1 amide bonds. The molecule has 184 valence electrons. The number of nitrogens with zero attached hydrogens (tertiary/aromatic N) is 5. The highest BCUT2D eigenvalue weighted by Crippen LogP contribution is 2.29. The van der Waals surface area contributed by atoms with Crippen molar-refractivity contribution in [3.63, 3.8) is 0 Å². The van der Waals surface area contributed by atoms with Gasteiger partial charge in [0.1, 0.15) is 0 Å². The fourth-order valence-corrected chi connectivity index (χ4v) is 4.39. The van der Waals surface area contributed by atoms with E-state index >= 15 is 0 Å². The molecule has 0 fully saturated rings. The van der Waals surface area contributed by atoms with Crippen LogP contribution in [0.25, 0.3) is 16.6 Å². The summed E-state index contributed by atoms with van der Waals surface area (Å²) in [6.07, 6.45) is 6.92. The van der Waals surface area contributed by atoms with Crippen molar-refractivity contribution in [1.29, 1.82) is 0 Å². The topological polar surface area (TPSA) is 113 Å². The lowest BCUT2D eigenvalue weighted by molar-refractivity contribution is -0.122. The number of benzene rings is 1. The Bertz CT molecular complexity index is 1390. The van der Waals surface area contributed by atoms with Gasteiger partial charge in [0, 0.05) is 25.2 Å².